The molecule has 0 aliphatic heterocycles. The van der Waals surface area contributed by atoms with Crippen LogP contribution in [-0.2, 0) is 20.7 Å². The van der Waals surface area contributed by atoms with Crippen LogP contribution in [0.4, 0.5) is 0 Å². The van der Waals surface area contributed by atoms with Gasteiger partial charge in [-0.1, -0.05) is 39.0 Å². The zero-order valence-corrected chi connectivity index (χ0v) is 13.8. The number of benzene rings is 1. The summed E-state index contributed by atoms with van der Waals surface area (Å²) < 4.78 is 10.2. The van der Waals surface area contributed by atoms with Crippen molar-refractivity contribution in [3.63, 3.8) is 0 Å². The van der Waals surface area contributed by atoms with Crippen molar-refractivity contribution >= 4 is 11.9 Å². The largest absolute Gasteiger partial charge is 0.496 e. The smallest absolute Gasteiger partial charge is 0.306 e. The van der Waals surface area contributed by atoms with Gasteiger partial charge in [-0.25, -0.2) is 0 Å². The molecule has 1 aromatic rings. The van der Waals surface area contributed by atoms with Crippen molar-refractivity contribution in [2.24, 2.45) is 5.41 Å². The highest BCUT2D eigenvalue weighted by molar-refractivity contribution is 5.80. The Morgan fingerprint density at radius 3 is 2.50 bits per heavy atom. The summed E-state index contributed by atoms with van der Waals surface area (Å²) in [5, 5.41) is 2.73. The number of amides is 1. The average molecular weight is 307 g/mol. The standard InChI is InChI=1S/C17H25NO4/c1-17(2,3)11-16(20)22-12-15(19)18-10-9-13-7-5-6-8-14(13)21-4/h5-8H,9-12H2,1-4H3,(H,18,19). The molecule has 1 N–H and O–H groups in total. The van der Waals surface area contributed by atoms with Crippen LogP contribution in [0.3, 0.4) is 0 Å². The fourth-order valence-electron chi connectivity index (χ4n) is 1.93. The number of carbonyl (C=O) groups excluding carboxylic acids is 2. The Hall–Kier alpha value is -2.04. The quantitative estimate of drug-likeness (QED) is 0.785. The number of hydrogen-bond donors (Lipinski definition) is 1. The molecule has 1 aromatic carbocycles. The van der Waals surface area contributed by atoms with Gasteiger partial charge >= 0.3 is 5.97 Å². The third-order valence-corrected chi connectivity index (χ3v) is 2.95. The summed E-state index contributed by atoms with van der Waals surface area (Å²) in [6.07, 6.45) is 0.952. The monoisotopic (exact) mass is 307 g/mol. The molecule has 0 heterocycles. The molecule has 0 bridgehead atoms. The van der Waals surface area contributed by atoms with E-state index >= 15 is 0 Å². The van der Waals surface area contributed by atoms with Crippen LogP contribution in [-0.4, -0.2) is 32.1 Å². The molecule has 0 aliphatic rings. The van der Waals surface area contributed by atoms with Crippen LogP contribution in [0.15, 0.2) is 24.3 Å². The number of esters is 1. The first-order chi connectivity index (χ1) is 10.3. The van der Waals surface area contributed by atoms with Gasteiger partial charge in [-0.05, 0) is 23.5 Å². The summed E-state index contributed by atoms with van der Waals surface area (Å²) in [7, 11) is 1.62. The molecule has 0 unspecified atom stereocenters. The average Bonchev–Trinajstić information content (AvgIpc) is 2.44. The van der Waals surface area contributed by atoms with Crippen LogP contribution in [0.25, 0.3) is 0 Å². The van der Waals surface area contributed by atoms with E-state index in [1.165, 1.54) is 0 Å². The van der Waals surface area contributed by atoms with Gasteiger partial charge in [-0.2, -0.15) is 0 Å². The molecular weight excluding hydrogens is 282 g/mol. The van der Waals surface area contributed by atoms with E-state index in [4.69, 9.17) is 9.47 Å². The van der Waals surface area contributed by atoms with Crippen molar-refractivity contribution in [3.8, 4) is 5.75 Å². The molecule has 0 saturated carbocycles. The highest BCUT2D eigenvalue weighted by atomic mass is 16.5. The maximum Gasteiger partial charge on any atom is 0.306 e. The molecule has 5 nitrogen and oxygen atoms in total. The van der Waals surface area contributed by atoms with E-state index in [0.717, 1.165) is 11.3 Å². The van der Waals surface area contributed by atoms with E-state index < -0.39 is 0 Å². The van der Waals surface area contributed by atoms with Gasteiger partial charge in [0.15, 0.2) is 6.61 Å². The molecule has 1 amide bonds. The molecule has 0 aromatic heterocycles. The van der Waals surface area contributed by atoms with Gasteiger partial charge in [0.1, 0.15) is 5.75 Å². The molecule has 0 spiro atoms. The van der Waals surface area contributed by atoms with Gasteiger partial charge in [0, 0.05) is 6.54 Å². The Balaban J connectivity index is 2.28. The topological polar surface area (TPSA) is 64.6 Å². The maximum absolute atomic E-state index is 11.6. The van der Waals surface area contributed by atoms with Crippen LogP contribution < -0.4 is 10.1 Å². The Kier molecular flexibility index (Phi) is 6.89. The predicted octanol–water partition coefficient (Wildman–Crippen LogP) is 2.33. The Morgan fingerprint density at radius 1 is 1.18 bits per heavy atom. The molecule has 22 heavy (non-hydrogen) atoms. The van der Waals surface area contributed by atoms with Crippen molar-refractivity contribution in [1.82, 2.24) is 5.32 Å². The van der Waals surface area contributed by atoms with Gasteiger partial charge < -0.3 is 14.8 Å². The predicted molar refractivity (Wildman–Crippen MR) is 84.7 cm³/mol. The lowest BCUT2D eigenvalue weighted by molar-refractivity contribution is -0.150. The summed E-state index contributed by atoms with van der Waals surface area (Å²) in [6, 6.07) is 7.66. The Bertz CT molecular complexity index is 506. The number of para-hydroxylation sites is 1. The Labute approximate surface area is 132 Å². The Morgan fingerprint density at radius 2 is 1.86 bits per heavy atom. The van der Waals surface area contributed by atoms with Crippen LogP contribution in [0, 0.1) is 5.41 Å². The molecule has 0 aliphatic carbocycles. The lowest BCUT2D eigenvalue weighted by Gasteiger charge is -2.16. The van der Waals surface area contributed by atoms with Gasteiger partial charge in [-0.15, -0.1) is 0 Å². The first kappa shape index (κ1) is 18.0. The molecule has 0 radical (unpaired) electrons. The van der Waals surface area contributed by atoms with Gasteiger partial charge in [0.25, 0.3) is 5.91 Å². The van der Waals surface area contributed by atoms with Gasteiger partial charge in [-0.3, -0.25) is 9.59 Å². The highest BCUT2D eigenvalue weighted by Gasteiger charge is 2.17. The molecule has 122 valence electrons. The molecule has 0 fully saturated rings. The summed E-state index contributed by atoms with van der Waals surface area (Å²) in [5.74, 6) is 0.151. The van der Waals surface area contributed by atoms with E-state index in [2.05, 4.69) is 5.32 Å². The zero-order chi connectivity index (χ0) is 16.6. The number of carbonyl (C=O) groups is 2. The first-order valence-corrected chi connectivity index (χ1v) is 7.36. The van der Waals surface area contributed by atoms with Crippen LogP contribution in [0.1, 0.15) is 32.8 Å². The van der Waals surface area contributed by atoms with Crippen molar-refractivity contribution in [3.05, 3.63) is 29.8 Å². The second-order valence-electron chi connectivity index (χ2n) is 6.31. The number of hydrogen-bond acceptors (Lipinski definition) is 4. The van der Waals surface area contributed by atoms with Gasteiger partial charge in [0.2, 0.25) is 0 Å². The summed E-state index contributed by atoms with van der Waals surface area (Å²) in [5.41, 5.74) is 0.882. The minimum Gasteiger partial charge on any atom is -0.496 e. The SMILES string of the molecule is COc1ccccc1CCNC(=O)COC(=O)CC(C)(C)C. The van der Waals surface area contributed by atoms with Gasteiger partial charge in [0.05, 0.1) is 13.5 Å². The highest BCUT2D eigenvalue weighted by Crippen LogP contribution is 2.19. The summed E-state index contributed by atoms with van der Waals surface area (Å²) >= 11 is 0. The third-order valence-electron chi connectivity index (χ3n) is 2.95. The van der Waals surface area contributed by atoms with Crippen LogP contribution in [0.2, 0.25) is 0 Å². The lowest BCUT2D eigenvalue weighted by atomic mass is 9.93. The number of nitrogens with one attached hydrogen (secondary N) is 1. The minimum atomic E-state index is -0.354. The van der Waals surface area contributed by atoms with E-state index in [9.17, 15) is 9.59 Å². The summed E-state index contributed by atoms with van der Waals surface area (Å²) in [4.78, 5) is 23.2. The molecule has 0 atom stereocenters. The van der Waals surface area contributed by atoms with Crippen molar-refractivity contribution < 1.29 is 19.1 Å². The third kappa shape index (κ3) is 7.11. The van der Waals surface area contributed by atoms with E-state index in [1.54, 1.807) is 7.11 Å². The fourth-order valence-corrected chi connectivity index (χ4v) is 1.93. The summed E-state index contributed by atoms with van der Waals surface area (Å²) in [6.45, 7) is 6.07. The van der Waals surface area contributed by atoms with Crippen molar-refractivity contribution in [2.45, 2.75) is 33.6 Å². The normalized spacial score (nSPS) is 10.9. The van der Waals surface area contributed by atoms with E-state index in [-0.39, 0.29) is 23.9 Å². The van der Waals surface area contributed by atoms with Crippen molar-refractivity contribution in [1.29, 1.82) is 0 Å². The first-order valence-electron chi connectivity index (χ1n) is 7.36. The molecule has 0 saturated heterocycles. The minimum absolute atomic E-state index is 0.141. The van der Waals surface area contributed by atoms with E-state index in [0.29, 0.717) is 19.4 Å². The number of rotatable bonds is 7. The fraction of sp³-hybridized carbons (Fsp3) is 0.529. The van der Waals surface area contributed by atoms with Crippen LogP contribution in [0.5, 0.6) is 5.75 Å². The molecule has 5 heteroatoms. The number of ether oxygens (including phenoxy) is 2. The molecule has 1 rings (SSSR count). The lowest BCUT2D eigenvalue weighted by Crippen LogP contribution is -2.31. The van der Waals surface area contributed by atoms with E-state index in [1.807, 2.05) is 45.0 Å². The second kappa shape index (κ2) is 8.41. The zero-order valence-electron chi connectivity index (χ0n) is 13.8. The second-order valence-corrected chi connectivity index (χ2v) is 6.31. The number of methoxy groups -OCH3 is 1. The van der Waals surface area contributed by atoms with Crippen LogP contribution >= 0.6 is 0 Å². The van der Waals surface area contributed by atoms with Crippen molar-refractivity contribution in [2.75, 3.05) is 20.3 Å². The molecular formula is C17H25NO4. The maximum atomic E-state index is 11.6.